The van der Waals surface area contributed by atoms with Crippen LogP contribution in [0.3, 0.4) is 0 Å². The van der Waals surface area contributed by atoms with Gasteiger partial charge in [-0.2, -0.15) is 0 Å². The van der Waals surface area contributed by atoms with Crippen molar-refractivity contribution >= 4 is 22.7 Å². The van der Waals surface area contributed by atoms with Gasteiger partial charge in [0.15, 0.2) is 12.0 Å². The summed E-state index contributed by atoms with van der Waals surface area (Å²) >= 11 is 0. The van der Waals surface area contributed by atoms with Crippen molar-refractivity contribution in [2.24, 2.45) is 5.92 Å². The van der Waals surface area contributed by atoms with Crippen molar-refractivity contribution in [2.45, 2.75) is 45.2 Å². The van der Waals surface area contributed by atoms with Crippen LogP contribution in [0.2, 0.25) is 0 Å². The van der Waals surface area contributed by atoms with Gasteiger partial charge in [-0.1, -0.05) is 18.2 Å². The Balaban J connectivity index is 2.09. The van der Waals surface area contributed by atoms with Crippen molar-refractivity contribution in [1.29, 1.82) is 0 Å². The molecule has 1 aliphatic heterocycles. The topological polar surface area (TPSA) is 99.5 Å². The van der Waals surface area contributed by atoms with Crippen LogP contribution in [-0.2, 0) is 23.7 Å². The third kappa shape index (κ3) is 5.92. The number of allylic oxidation sites excluding steroid dienone is 1. The van der Waals surface area contributed by atoms with E-state index in [2.05, 4.69) is 0 Å². The van der Waals surface area contributed by atoms with Gasteiger partial charge in [0.25, 0.3) is 5.91 Å². The van der Waals surface area contributed by atoms with Crippen molar-refractivity contribution < 1.29 is 33.6 Å². The van der Waals surface area contributed by atoms with Crippen LogP contribution in [0.4, 0.5) is 0 Å². The minimum Gasteiger partial charge on any atom is -0.459 e. The van der Waals surface area contributed by atoms with Crippen LogP contribution in [0, 0.1) is 5.92 Å². The van der Waals surface area contributed by atoms with Gasteiger partial charge >= 0.3 is 0 Å². The van der Waals surface area contributed by atoms with E-state index in [1.54, 1.807) is 11.6 Å². The molecule has 0 saturated carbocycles. The summed E-state index contributed by atoms with van der Waals surface area (Å²) in [6.07, 6.45) is 3.57. The fraction of sp³-hybridized carbons (Fsp3) is 0.538. The van der Waals surface area contributed by atoms with Gasteiger partial charge in [0.1, 0.15) is 0 Å². The van der Waals surface area contributed by atoms with Gasteiger partial charge in [0.2, 0.25) is 12.2 Å². The second kappa shape index (κ2) is 12.3. The van der Waals surface area contributed by atoms with E-state index in [4.69, 9.17) is 18.9 Å². The number of fused-ring (bicyclic) bond motifs is 1. The Labute approximate surface area is 206 Å². The first kappa shape index (κ1) is 26.9. The Morgan fingerprint density at radius 2 is 1.94 bits per heavy atom. The summed E-state index contributed by atoms with van der Waals surface area (Å²) in [4.78, 5) is 27.2. The molecule has 192 valence electrons. The zero-order chi connectivity index (χ0) is 25.5. The van der Waals surface area contributed by atoms with Crippen molar-refractivity contribution in [3.63, 3.8) is 0 Å². The van der Waals surface area contributed by atoms with Gasteiger partial charge < -0.3 is 29.0 Å². The van der Waals surface area contributed by atoms with E-state index in [-0.39, 0.29) is 42.6 Å². The molecule has 9 nitrogen and oxygen atoms in total. The molecule has 1 amide bonds. The highest BCUT2D eigenvalue weighted by Crippen LogP contribution is 2.42. The molecule has 2 aromatic rings. The first-order chi connectivity index (χ1) is 16.9. The summed E-state index contributed by atoms with van der Waals surface area (Å²) in [7, 11) is 4.68. The molecule has 1 aliphatic rings. The maximum atomic E-state index is 13.4. The standard InChI is InChI=1S/C26H36N2O7/c1-6-34-26-19(11-9-13-29)20(14-23(35-26)25(31)27(3)16-24(32-4)33-5)21-15-28(17(2)30)22-12-8-7-10-18(21)22/h7-8,10,12,14-15,19-20,24,26,29H,6,9,11,13,16H2,1-5H3/t19-,20-,26+/m1/s1. The average Bonchev–Trinajstić information content (AvgIpc) is 3.25. The average molecular weight is 489 g/mol. The van der Waals surface area contributed by atoms with Crippen LogP contribution in [0.1, 0.15) is 43.0 Å². The first-order valence-corrected chi connectivity index (χ1v) is 11.9. The molecule has 2 heterocycles. The number of hydrogen-bond acceptors (Lipinski definition) is 7. The number of methoxy groups -OCH3 is 2. The molecule has 0 aliphatic carbocycles. The summed E-state index contributed by atoms with van der Waals surface area (Å²) in [5.41, 5.74) is 1.71. The smallest absolute Gasteiger partial charge is 0.288 e. The number of amides is 1. The third-order valence-corrected chi connectivity index (χ3v) is 6.36. The zero-order valence-corrected chi connectivity index (χ0v) is 21.1. The number of aliphatic hydroxyl groups is 1. The number of rotatable bonds is 11. The zero-order valence-electron chi connectivity index (χ0n) is 21.1. The molecule has 0 radical (unpaired) electrons. The predicted molar refractivity (Wildman–Crippen MR) is 131 cm³/mol. The molecule has 0 saturated heterocycles. The van der Waals surface area contributed by atoms with Gasteiger partial charge in [0.05, 0.1) is 12.1 Å². The number of benzene rings is 1. The maximum absolute atomic E-state index is 13.4. The van der Waals surface area contributed by atoms with Crippen molar-refractivity contribution in [3.05, 3.63) is 47.9 Å². The van der Waals surface area contributed by atoms with E-state index in [0.29, 0.717) is 19.4 Å². The lowest BCUT2D eigenvalue weighted by atomic mass is 9.80. The minimum absolute atomic E-state index is 0.0327. The normalized spacial score (nSPS) is 20.1. The Kier molecular flexibility index (Phi) is 9.45. The minimum atomic E-state index is -0.686. The largest absolute Gasteiger partial charge is 0.459 e. The molecule has 0 spiro atoms. The molecule has 1 aromatic carbocycles. The van der Waals surface area contributed by atoms with Crippen LogP contribution < -0.4 is 0 Å². The molecular formula is C26H36N2O7. The highest BCUT2D eigenvalue weighted by atomic mass is 16.7. The van der Waals surface area contributed by atoms with Gasteiger partial charge in [-0.15, -0.1) is 0 Å². The lowest BCUT2D eigenvalue weighted by Gasteiger charge is -2.37. The maximum Gasteiger partial charge on any atom is 0.288 e. The molecule has 0 fully saturated rings. The Morgan fingerprint density at radius 3 is 2.57 bits per heavy atom. The number of likely N-dealkylation sites (N-methyl/N-ethyl adjacent to an activating group) is 1. The van der Waals surface area contributed by atoms with E-state index < -0.39 is 12.6 Å². The number of nitrogens with zero attached hydrogens (tertiary/aromatic N) is 2. The van der Waals surface area contributed by atoms with Crippen LogP contribution >= 0.6 is 0 Å². The Hall–Kier alpha value is -2.72. The highest BCUT2D eigenvalue weighted by Gasteiger charge is 2.39. The van der Waals surface area contributed by atoms with Crippen LogP contribution in [0.5, 0.6) is 0 Å². The van der Waals surface area contributed by atoms with E-state index in [9.17, 15) is 14.7 Å². The van der Waals surface area contributed by atoms with Crippen LogP contribution in [0.25, 0.3) is 10.9 Å². The lowest BCUT2D eigenvalue weighted by molar-refractivity contribution is -0.172. The lowest BCUT2D eigenvalue weighted by Crippen LogP contribution is -2.41. The second-order valence-corrected chi connectivity index (χ2v) is 8.61. The Bertz CT molecular complexity index is 1040. The van der Waals surface area contributed by atoms with E-state index in [0.717, 1.165) is 16.5 Å². The van der Waals surface area contributed by atoms with Crippen molar-refractivity contribution in [1.82, 2.24) is 9.47 Å². The highest BCUT2D eigenvalue weighted by molar-refractivity contribution is 5.95. The van der Waals surface area contributed by atoms with E-state index in [1.807, 2.05) is 43.5 Å². The van der Waals surface area contributed by atoms with Gasteiger partial charge in [-0.3, -0.25) is 14.2 Å². The van der Waals surface area contributed by atoms with Crippen LogP contribution in [0.15, 0.2) is 42.3 Å². The van der Waals surface area contributed by atoms with Gasteiger partial charge in [-0.05, 0) is 37.5 Å². The Morgan fingerprint density at radius 1 is 1.23 bits per heavy atom. The molecule has 35 heavy (non-hydrogen) atoms. The number of hydrogen-bond donors (Lipinski definition) is 1. The monoisotopic (exact) mass is 488 g/mol. The second-order valence-electron chi connectivity index (χ2n) is 8.61. The number of carbonyl (C=O) groups is 2. The predicted octanol–water partition coefficient (Wildman–Crippen LogP) is 3.13. The number of para-hydroxylation sites is 1. The van der Waals surface area contributed by atoms with Gasteiger partial charge in [0, 0.05) is 64.8 Å². The molecule has 9 heteroatoms. The SMILES string of the molecule is CCO[C@H]1OC(C(=O)N(C)CC(OC)OC)=C[C@@H](c2cn(C(C)=O)c3ccccc23)[C@H]1CCCO. The molecule has 0 bridgehead atoms. The summed E-state index contributed by atoms with van der Waals surface area (Å²) in [5.74, 6) is -0.694. The molecule has 0 unspecified atom stereocenters. The van der Waals surface area contributed by atoms with E-state index >= 15 is 0 Å². The molecular weight excluding hydrogens is 452 g/mol. The number of aliphatic hydroxyl groups excluding tert-OH is 1. The molecule has 1 aromatic heterocycles. The third-order valence-electron chi connectivity index (χ3n) is 6.36. The first-order valence-electron chi connectivity index (χ1n) is 11.9. The molecule has 3 rings (SSSR count). The van der Waals surface area contributed by atoms with Crippen molar-refractivity contribution in [2.75, 3.05) is 41.0 Å². The van der Waals surface area contributed by atoms with Gasteiger partial charge in [-0.25, -0.2) is 0 Å². The molecule has 1 N–H and O–H groups in total. The number of ether oxygens (including phenoxy) is 4. The summed E-state index contributed by atoms with van der Waals surface area (Å²) in [6, 6.07) is 7.70. The summed E-state index contributed by atoms with van der Waals surface area (Å²) in [5, 5.41) is 10.5. The summed E-state index contributed by atoms with van der Waals surface area (Å²) in [6.45, 7) is 4.04. The summed E-state index contributed by atoms with van der Waals surface area (Å²) < 4.78 is 24.1. The number of carbonyl (C=O) groups excluding carboxylic acids is 2. The fourth-order valence-electron chi connectivity index (χ4n) is 4.59. The van der Waals surface area contributed by atoms with Crippen molar-refractivity contribution in [3.8, 4) is 0 Å². The number of aromatic nitrogens is 1. The quantitative estimate of drug-likeness (QED) is 0.485. The fourth-order valence-corrected chi connectivity index (χ4v) is 4.59. The van der Waals surface area contributed by atoms with Crippen LogP contribution in [-0.4, -0.2) is 80.0 Å². The van der Waals surface area contributed by atoms with E-state index in [1.165, 1.54) is 26.0 Å². The molecule has 3 atom stereocenters.